The molecule has 1 atom stereocenters. The maximum atomic E-state index is 9.34. The van der Waals surface area contributed by atoms with Crippen LogP contribution in [-0.2, 0) is 5.41 Å². The summed E-state index contributed by atoms with van der Waals surface area (Å²) in [5, 5.41) is 1.94. The molecular weight excluding hydrogens is 546 g/mol. The lowest BCUT2D eigenvalue weighted by Crippen LogP contribution is -2.28. The van der Waals surface area contributed by atoms with Crippen LogP contribution in [0.4, 0.5) is 17.1 Å². The van der Waals surface area contributed by atoms with E-state index >= 15 is 0 Å². The largest absolute Gasteiger partial charge is 0.456 e. The Balaban J connectivity index is 1.39. The number of nitrogens with zero attached hydrogens (tertiary/aromatic N) is 1. The molecule has 1 unspecified atom stereocenters. The monoisotopic (exact) mass is 580 g/mol. The summed E-state index contributed by atoms with van der Waals surface area (Å²) in [5.41, 5.74) is 7.58. The number of anilines is 3. The molecule has 1 aromatic heterocycles. The maximum Gasteiger partial charge on any atom is 0.135 e. The Bertz CT molecular complexity index is 2550. The van der Waals surface area contributed by atoms with Crippen LogP contribution >= 0.6 is 0 Å². The number of benzene rings is 7. The molecule has 45 heavy (non-hydrogen) atoms. The lowest BCUT2D eigenvalue weighted by Gasteiger charge is -2.34. The highest BCUT2D eigenvalue weighted by Gasteiger charge is 2.46. The van der Waals surface area contributed by atoms with Crippen LogP contribution < -0.4 is 4.90 Å². The van der Waals surface area contributed by atoms with Gasteiger partial charge in [0.1, 0.15) is 11.2 Å². The molecule has 8 aromatic rings. The summed E-state index contributed by atoms with van der Waals surface area (Å²) in [4.78, 5) is 2.20. The second kappa shape index (κ2) is 10.1. The zero-order valence-corrected chi connectivity index (χ0v) is 24.2. The van der Waals surface area contributed by atoms with E-state index in [9.17, 15) is 2.74 Å². The van der Waals surface area contributed by atoms with Gasteiger partial charge in [0.15, 0.2) is 0 Å². The van der Waals surface area contributed by atoms with Gasteiger partial charge in [0.05, 0.1) is 12.3 Å². The average molecular weight is 581 g/mol. The third-order valence-electron chi connectivity index (χ3n) is 9.00. The van der Waals surface area contributed by atoms with Gasteiger partial charge in [0.25, 0.3) is 0 Å². The molecule has 0 radical (unpaired) electrons. The fourth-order valence-electron chi connectivity index (χ4n) is 7.13. The highest BCUT2D eigenvalue weighted by molar-refractivity contribution is 6.05. The van der Waals surface area contributed by atoms with E-state index < -0.39 is 11.5 Å². The fraction of sp³-hybridized carbons (Fsp3) is 0.0233. The number of furan rings is 1. The average Bonchev–Trinajstić information content (AvgIpc) is 3.68. The van der Waals surface area contributed by atoms with Crippen LogP contribution in [-0.4, -0.2) is 0 Å². The van der Waals surface area contributed by atoms with Gasteiger partial charge >= 0.3 is 0 Å². The number of fused-ring (bicyclic) bond motifs is 6. The van der Waals surface area contributed by atoms with Crippen molar-refractivity contribution >= 4 is 39.0 Å². The molecule has 212 valence electrons. The lowest BCUT2D eigenvalue weighted by atomic mass is 9.67. The highest BCUT2D eigenvalue weighted by atomic mass is 16.3. The molecule has 1 aliphatic carbocycles. The van der Waals surface area contributed by atoms with Gasteiger partial charge in [-0.1, -0.05) is 127 Å². The first-order chi connectivity index (χ1) is 24.4. The molecule has 9 rings (SSSR count). The van der Waals surface area contributed by atoms with Gasteiger partial charge in [-0.15, -0.1) is 0 Å². The summed E-state index contributed by atoms with van der Waals surface area (Å²) in [6, 6.07) is 47.0. The van der Waals surface area contributed by atoms with Crippen LogP contribution in [0.2, 0.25) is 0 Å². The Morgan fingerprint density at radius 1 is 0.467 bits per heavy atom. The van der Waals surface area contributed by atoms with Crippen molar-refractivity contribution in [3.63, 3.8) is 0 Å². The van der Waals surface area contributed by atoms with E-state index in [1.165, 1.54) is 0 Å². The van der Waals surface area contributed by atoms with Crippen molar-refractivity contribution in [1.29, 1.82) is 0 Å². The topological polar surface area (TPSA) is 16.4 Å². The summed E-state index contributed by atoms with van der Waals surface area (Å²) in [7, 11) is 0. The van der Waals surface area contributed by atoms with E-state index in [4.69, 9.17) is 8.53 Å². The zero-order chi connectivity index (χ0) is 34.1. The minimum atomic E-state index is -1.25. The predicted molar refractivity (Wildman–Crippen MR) is 186 cm³/mol. The van der Waals surface area contributed by atoms with Crippen molar-refractivity contribution in [2.45, 2.75) is 5.41 Å². The second-order valence-electron chi connectivity index (χ2n) is 11.3. The van der Waals surface area contributed by atoms with Crippen molar-refractivity contribution in [3.8, 4) is 11.1 Å². The Labute approximate surface area is 269 Å². The van der Waals surface area contributed by atoms with Crippen LogP contribution in [0.1, 0.15) is 29.1 Å². The van der Waals surface area contributed by atoms with Crippen LogP contribution in [0.25, 0.3) is 33.1 Å². The summed E-state index contributed by atoms with van der Waals surface area (Å²) in [6.07, 6.45) is 0. The first kappa shape index (κ1) is 20.9. The van der Waals surface area contributed by atoms with E-state index in [2.05, 4.69) is 53.4 Å². The van der Waals surface area contributed by atoms with Gasteiger partial charge < -0.3 is 9.32 Å². The molecule has 0 aliphatic heterocycles. The van der Waals surface area contributed by atoms with Crippen LogP contribution in [0.3, 0.4) is 0 Å². The Kier molecular flexibility index (Phi) is 4.70. The second-order valence-corrected chi connectivity index (χ2v) is 11.3. The fourth-order valence-corrected chi connectivity index (χ4v) is 7.13. The van der Waals surface area contributed by atoms with Crippen LogP contribution in [0, 0.1) is 0 Å². The quantitative estimate of drug-likeness (QED) is 0.201. The third kappa shape index (κ3) is 3.82. The van der Waals surface area contributed by atoms with Gasteiger partial charge in [-0.2, -0.15) is 0 Å². The van der Waals surface area contributed by atoms with Crippen molar-refractivity contribution in [1.82, 2.24) is 0 Å². The molecule has 2 heteroatoms. The van der Waals surface area contributed by atoms with Gasteiger partial charge in [0, 0.05) is 27.8 Å². The number of rotatable bonds is 5. The predicted octanol–water partition coefficient (Wildman–Crippen LogP) is 11.4. The van der Waals surface area contributed by atoms with Crippen molar-refractivity contribution in [2.75, 3.05) is 4.90 Å². The summed E-state index contributed by atoms with van der Waals surface area (Å²) >= 11 is 0. The minimum Gasteiger partial charge on any atom is -0.456 e. The SMILES string of the molecule is [2H]c1c([2H])c([2H])c(C2(c3ccc4c(c3)oc3ccccc34)c3ccccc3-c3cc(N(c4ccccc4)c4ccccc4)ccc32)c([2H])c1[2H]. The molecular formula is C43H29NO. The molecule has 0 bridgehead atoms. The molecule has 0 saturated heterocycles. The summed E-state index contributed by atoms with van der Waals surface area (Å²) < 4.78 is 51.1. The molecule has 0 fully saturated rings. The standard InChI is InChI=1S/C43H29NO/c1-4-14-30(15-5-1)43(31-24-26-37-36-21-11-13-23-41(36)45-42(37)28-31)39-22-12-10-20-35(39)38-29-34(25-27-40(38)43)44(32-16-6-2-7-17-32)33-18-8-3-9-19-33/h1-29H/i1D,4D,5D,14D,15D. The van der Waals surface area contributed by atoms with E-state index in [-0.39, 0.29) is 29.7 Å². The summed E-state index contributed by atoms with van der Waals surface area (Å²) in [5.74, 6) is 0. The zero-order valence-electron chi connectivity index (χ0n) is 29.2. The molecule has 0 N–H and O–H groups in total. The Morgan fingerprint density at radius 2 is 1.11 bits per heavy atom. The van der Waals surface area contributed by atoms with Gasteiger partial charge in [-0.25, -0.2) is 0 Å². The summed E-state index contributed by atoms with van der Waals surface area (Å²) in [6.45, 7) is 0. The number of para-hydroxylation sites is 3. The first-order valence-electron chi connectivity index (χ1n) is 17.5. The van der Waals surface area contributed by atoms with E-state index in [1.54, 1.807) is 0 Å². The van der Waals surface area contributed by atoms with Gasteiger partial charge in [-0.05, 0) is 81.9 Å². The molecule has 0 amide bonds. The molecule has 1 heterocycles. The van der Waals surface area contributed by atoms with Gasteiger partial charge in [0.2, 0.25) is 0 Å². The Morgan fingerprint density at radius 3 is 1.89 bits per heavy atom. The molecule has 0 spiro atoms. The first-order valence-corrected chi connectivity index (χ1v) is 15.0. The maximum absolute atomic E-state index is 9.34. The Hall–Kier alpha value is -5.86. The smallest absolute Gasteiger partial charge is 0.135 e. The lowest BCUT2D eigenvalue weighted by molar-refractivity contribution is 0.665. The van der Waals surface area contributed by atoms with Crippen LogP contribution in [0.5, 0.6) is 0 Å². The minimum absolute atomic E-state index is 0.209. The van der Waals surface area contributed by atoms with Gasteiger partial charge in [-0.3, -0.25) is 0 Å². The number of hydrogen-bond donors (Lipinski definition) is 0. The third-order valence-corrected chi connectivity index (χ3v) is 9.00. The van der Waals surface area contributed by atoms with E-state index in [0.717, 1.165) is 61.2 Å². The molecule has 1 aliphatic rings. The van der Waals surface area contributed by atoms with Crippen molar-refractivity contribution in [3.05, 3.63) is 198 Å². The van der Waals surface area contributed by atoms with E-state index in [0.29, 0.717) is 5.58 Å². The van der Waals surface area contributed by atoms with Crippen molar-refractivity contribution < 1.29 is 11.3 Å². The van der Waals surface area contributed by atoms with E-state index in [1.807, 2.05) is 97.1 Å². The normalized spacial score (nSPS) is 16.8. The van der Waals surface area contributed by atoms with Crippen LogP contribution in [0.15, 0.2) is 180 Å². The highest BCUT2D eigenvalue weighted by Crippen LogP contribution is 2.57. The van der Waals surface area contributed by atoms with Crippen molar-refractivity contribution in [2.24, 2.45) is 0 Å². The number of hydrogen-bond acceptors (Lipinski definition) is 2. The molecule has 0 saturated carbocycles. The molecule has 7 aromatic carbocycles. The molecule has 2 nitrogen and oxygen atoms in total.